The number of nitrogens with zero attached hydrogens (tertiary/aromatic N) is 2. The van der Waals surface area contributed by atoms with Crippen molar-refractivity contribution in [3.8, 4) is 17.6 Å². The summed E-state index contributed by atoms with van der Waals surface area (Å²) in [5.74, 6) is 1.14. The Kier molecular flexibility index (Phi) is 3.08. The molecule has 1 atom stereocenters. The van der Waals surface area contributed by atoms with Gasteiger partial charge in [0.25, 0.3) is 0 Å². The molecule has 0 saturated carbocycles. The van der Waals surface area contributed by atoms with E-state index in [1.807, 2.05) is 6.07 Å². The lowest BCUT2D eigenvalue weighted by atomic mass is 10.1. The molecule has 0 spiro atoms. The summed E-state index contributed by atoms with van der Waals surface area (Å²) in [4.78, 5) is 0. The van der Waals surface area contributed by atoms with Crippen molar-refractivity contribution in [2.24, 2.45) is 0 Å². The minimum atomic E-state index is -0.539. The zero-order valence-corrected chi connectivity index (χ0v) is 11.5. The number of ether oxygens (including phenoxy) is 2. The van der Waals surface area contributed by atoms with Crippen LogP contribution in [-0.4, -0.2) is 16.8 Å². The molecule has 1 aromatic heterocycles. The van der Waals surface area contributed by atoms with Crippen LogP contribution in [0.3, 0.4) is 0 Å². The Balaban J connectivity index is 1.96. The number of nitrogens with two attached hydrogens (primary N) is 1. The molecule has 6 nitrogen and oxygen atoms in total. The van der Waals surface area contributed by atoms with Crippen molar-refractivity contribution in [2.75, 3.05) is 12.3 Å². The number of nitrogens with one attached hydrogen (secondary N) is 1. The van der Waals surface area contributed by atoms with Crippen LogP contribution in [0.15, 0.2) is 12.1 Å². The molecule has 8 heteroatoms. The second kappa shape index (κ2) is 4.78. The van der Waals surface area contributed by atoms with Gasteiger partial charge in [0.2, 0.25) is 0 Å². The fourth-order valence-electron chi connectivity index (χ4n) is 1.92. The van der Waals surface area contributed by atoms with Crippen molar-refractivity contribution in [1.82, 2.24) is 10.2 Å². The van der Waals surface area contributed by atoms with Crippen LogP contribution in [0.2, 0.25) is 10.0 Å². The molecule has 3 N–H and O–H groups in total. The van der Waals surface area contributed by atoms with Gasteiger partial charge < -0.3 is 15.2 Å². The van der Waals surface area contributed by atoms with Crippen LogP contribution in [0.5, 0.6) is 11.5 Å². The second-order valence-electron chi connectivity index (χ2n) is 4.14. The van der Waals surface area contributed by atoms with Crippen molar-refractivity contribution >= 4 is 29.0 Å². The molecular formula is C12H8Cl2N4O2. The topological polar surface area (TPSA) is 97.0 Å². The number of hydrogen-bond acceptors (Lipinski definition) is 5. The lowest BCUT2D eigenvalue weighted by Gasteiger charge is -2.25. The van der Waals surface area contributed by atoms with Gasteiger partial charge in [0, 0.05) is 12.1 Å². The number of aromatic amines is 1. The van der Waals surface area contributed by atoms with E-state index in [-0.39, 0.29) is 18.0 Å². The zero-order chi connectivity index (χ0) is 14.3. The van der Waals surface area contributed by atoms with Crippen LogP contribution in [-0.2, 0) is 0 Å². The fourth-order valence-corrected chi connectivity index (χ4v) is 2.23. The molecule has 2 heterocycles. The third kappa shape index (κ3) is 2.01. The highest BCUT2D eigenvalue weighted by Crippen LogP contribution is 2.41. The van der Waals surface area contributed by atoms with Gasteiger partial charge in [-0.2, -0.15) is 10.4 Å². The average Bonchev–Trinajstić information content (AvgIpc) is 2.80. The Morgan fingerprint density at radius 3 is 2.75 bits per heavy atom. The second-order valence-corrected chi connectivity index (χ2v) is 4.95. The van der Waals surface area contributed by atoms with Crippen LogP contribution in [0.1, 0.15) is 17.4 Å². The Morgan fingerprint density at radius 1 is 1.35 bits per heavy atom. The van der Waals surface area contributed by atoms with Gasteiger partial charge in [-0.25, -0.2) is 0 Å². The summed E-state index contributed by atoms with van der Waals surface area (Å²) < 4.78 is 11.3. The third-order valence-electron chi connectivity index (χ3n) is 2.89. The Morgan fingerprint density at radius 2 is 2.05 bits per heavy atom. The zero-order valence-electron chi connectivity index (χ0n) is 9.98. The monoisotopic (exact) mass is 310 g/mol. The number of nitriles is 1. The van der Waals surface area contributed by atoms with Gasteiger partial charge >= 0.3 is 0 Å². The minimum absolute atomic E-state index is 0.198. The van der Waals surface area contributed by atoms with Crippen LogP contribution in [0.4, 0.5) is 5.82 Å². The summed E-state index contributed by atoms with van der Waals surface area (Å²) in [5.41, 5.74) is 6.28. The third-order valence-corrected chi connectivity index (χ3v) is 3.61. The van der Waals surface area contributed by atoms with E-state index in [0.717, 1.165) is 0 Å². The van der Waals surface area contributed by atoms with Gasteiger partial charge in [0.1, 0.15) is 29.8 Å². The summed E-state index contributed by atoms with van der Waals surface area (Å²) in [5, 5.41) is 16.4. The number of nitrogen functional groups attached to an aromatic ring is 1. The van der Waals surface area contributed by atoms with E-state index in [2.05, 4.69) is 10.2 Å². The number of aromatic nitrogens is 2. The quantitative estimate of drug-likeness (QED) is 0.844. The van der Waals surface area contributed by atoms with E-state index >= 15 is 0 Å². The largest absolute Gasteiger partial charge is 0.485 e. The Bertz CT molecular complexity index is 723. The molecule has 0 aliphatic carbocycles. The van der Waals surface area contributed by atoms with Gasteiger partial charge in [-0.15, -0.1) is 0 Å². The number of rotatable bonds is 1. The van der Waals surface area contributed by atoms with Crippen LogP contribution < -0.4 is 15.2 Å². The summed E-state index contributed by atoms with van der Waals surface area (Å²) >= 11 is 11.8. The van der Waals surface area contributed by atoms with E-state index < -0.39 is 6.10 Å². The minimum Gasteiger partial charge on any atom is -0.485 e. The SMILES string of the molecule is N#Cc1c(C2COc3cc(Cl)c(Cl)cc3O2)n[nH]c1N. The van der Waals surface area contributed by atoms with Crippen LogP contribution in [0.25, 0.3) is 0 Å². The first-order chi connectivity index (χ1) is 9.60. The van der Waals surface area contributed by atoms with E-state index in [1.54, 1.807) is 12.1 Å². The maximum absolute atomic E-state index is 9.07. The van der Waals surface area contributed by atoms with Gasteiger partial charge in [-0.05, 0) is 0 Å². The van der Waals surface area contributed by atoms with Gasteiger partial charge in [-0.3, -0.25) is 5.10 Å². The molecule has 2 aromatic rings. The maximum atomic E-state index is 9.07. The number of H-pyrrole nitrogens is 1. The van der Waals surface area contributed by atoms with Crippen molar-refractivity contribution < 1.29 is 9.47 Å². The summed E-state index contributed by atoms with van der Waals surface area (Å²) in [6, 6.07) is 5.13. The van der Waals surface area contributed by atoms with Crippen LogP contribution in [0, 0.1) is 11.3 Å². The van der Waals surface area contributed by atoms with Gasteiger partial charge in [-0.1, -0.05) is 23.2 Å². The lowest BCUT2D eigenvalue weighted by Crippen LogP contribution is -2.22. The fraction of sp³-hybridized carbons (Fsp3) is 0.167. The molecule has 1 aliphatic rings. The first kappa shape index (κ1) is 12.9. The van der Waals surface area contributed by atoms with E-state index in [9.17, 15) is 0 Å². The molecule has 1 aromatic carbocycles. The standard InChI is InChI=1S/C12H8Cl2N4O2/c13-6-1-8-9(2-7(6)14)20-10(4-19-8)11-5(3-15)12(16)18-17-11/h1-2,10H,4H2,(H3,16,17,18). The molecule has 0 fully saturated rings. The molecule has 1 aliphatic heterocycles. The smallest absolute Gasteiger partial charge is 0.178 e. The van der Waals surface area contributed by atoms with Gasteiger partial charge in [0.05, 0.1) is 10.0 Å². The predicted molar refractivity (Wildman–Crippen MR) is 73.0 cm³/mol. The summed E-state index contributed by atoms with van der Waals surface area (Å²) in [7, 11) is 0. The Hall–Kier alpha value is -2.10. The number of benzene rings is 1. The van der Waals surface area contributed by atoms with E-state index in [0.29, 0.717) is 27.2 Å². The molecule has 0 amide bonds. The highest BCUT2D eigenvalue weighted by atomic mass is 35.5. The molecule has 1 unspecified atom stereocenters. The highest BCUT2D eigenvalue weighted by molar-refractivity contribution is 6.42. The molecule has 0 radical (unpaired) electrons. The molecule has 102 valence electrons. The number of fused-ring (bicyclic) bond motifs is 1. The van der Waals surface area contributed by atoms with E-state index in [1.165, 1.54) is 0 Å². The summed E-state index contributed by atoms with van der Waals surface area (Å²) in [6.45, 7) is 0.198. The number of anilines is 1. The molecular weight excluding hydrogens is 303 g/mol. The first-order valence-electron chi connectivity index (χ1n) is 5.62. The number of halogens is 2. The van der Waals surface area contributed by atoms with Crippen molar-refractivity contribution in [3.63, 3.8) is 0 Å². The molecule has 20 heavy (non-hydrogen) atoms. The van der Waals surface area contributed by atoms with Crippen molar-refractivity contribution in [2.45, 2.75) is 6.10 Å². The molecule has 3 rings (SSSR count). The highest BCUT2D eigenvalue weighted by Gasteiger charge is 2.29. The first-order valence-corrected chi connectivity index (χ1v) is 6.38. The van der Waals surface area contributed by atoms with E-state index in [4.69, 9.17) is 43.7 Å². The molecule has 0 bridgehead atoms. The van der Waals surface area contributed by atoms with Crippen LogP contribution >= 0.6 is 23.2 Å². The molecule has 0 saturated heterocycles. The number of hydrogen-bond donors (Lipinski definition) is 2. The van der Waals surface area contributed by atoms with Crippen molar-refractivity contribution in [1.29, 1.82) is 5.26 Å². The summed E-state index contributed by atoms with van der Waals surface area (Å²) in [6.07, 6.45) is -0.539. The lowest BCUT2D eigenvalue weighted by molar-refractivity contribution is 0.0881. The van der Waals surface area contributed by atoms with Gasteiger partial charge in [0.15, 0.2) is 17.6 Å². The predicted octanol–water partition coefficient (Wildman–Crippen LogP) is 2.68. The maximum Gasteiger partial charge on any atom is 0.178 e. The normalized spacial score (nSPS) is 16.8. The average molecular weight is 311 g/mol. The Labute approximate surface area is 124 Å². The van der Waals surface area contributed by atoms with Crippen molar-refractivity contribution in [3.05, 3.63) is 33.4 Å².